The molecule has 3 N–H and O–H groups in total. The van der Waals surface area contributed by atoms with Crippen molar-refractivity contribution in [3.8, 4) is 0 Å². The number of anilines is 1. The zero-order valence-electron chi connectivity index (χ0n) is 26.6. The second-order valence-corrected chi connectivity index (χ2v) is 12.6. The van der Waals surface area contributed by atoms with Crippen LogP contribution in [0.4, 0.5) is 14.5 Å². The first-order chi connectivity index (χ1) is 21.8. The SMILES string of the molecule is Cc1csc(CN(C)C(=O)c2cc(C(=O)N[C@@H](Cc3ccccc3)[C@H](O)CNCc3cncc(C(C)(F)F)c3)cc(N(C)C)c2)n1. The van der Waals surface area contributed by atoms with E-state index in [1.54, 1.807) is 30.1 Å². The number of nitrogens with one attached hydrogen (secondary N) is 2. The molecular formula is C34H40F2N6O3S. The minimum Gasteiger partial charge on any atom is -0.390 e. The van der Waals surface area contributed by atoms with E-state index >= 15 is 0 Å². The summed E-state index contributed by atoms with van der Waals surface area (Å²) in [6.45, 7) is 3.33. The quantitative estimate of drug-likeness (QED) is 0.180. The van der Waals surface area contributed by atoms with Gasteiger partial charge in [-0.25, -0.2) is 13.8 Å². The third kappa shape index (κ3) is 9.62. The first-order valence-electron chi connectivity index (χ1n) is 14.8. The van der Waals surface area contributed by atoms with Gasteiger partial charge in [-0.15, -0.1) is 11.3 Å². The van der Waals surface area contributed by atoms with Crippen molar-refractivity contribution in [2.24, 2.45) is 0 Å². The Hall–Kier alpha value is -4.26. The summed E-state index contributed by atoms with van der Waals surface area (Å²) in [4.78, 5) is 38.9. The Morgan fingerprint density at radius 1 is 1.02 bits per heavy atom. The van der Waals surface area contributed by atoms with Gasteiger partial charge in [0.15, 0.2) is 0 Å². The number of hydrogen-bond donors (Lipinski definition) is 3. The molecule has 9 nitrogen and oxygen atoms in total. The van der Waals surface area contributed by atoms with E-state index in [-0.39, 0.29) is 30.1 Å². The average molecular weight is 651 g/mol. The van der Waals surface area contributed by atoms with E-state index in [9.17, 15) is 23.5 Å². The number of alkyl halides is 2. The van der Waals surface area contributed by atoms with Crippen LogP contribution in [0.25, 0.3) is 0 Å². The fraction of sp³-hybridized carbons (Fsp3) is 0.353. The Balaban J connectivity index is 1.51. The molecule has 0 spiro atoms. The van der Waals surface area contributed by atoms with Gasteiger partial charge in [0.25, 0.3) is 17.7 Å². The number of aliphatic hydroxyl groups is 1. The number of halogens is 2. The Bertz CT molecular complexity index is 1630. The summed E-state index contributed by atoms with van der Waals surface area (Å²) in [5.41, 5.74) is 3.45. The van der Waals surface area contributed by atoms with Crippen molar-refractivity contribution in [3.63, 3.8) is 0 Å². The topological polar surface area (TPSA) is 111 Å². The third-order valence-corrected chi connectivity index (χ3v) is 8.34. The van der Waals surface area contributed by atoms with Crippen LogP contribution in [0.2, 0.25) is 0 Å². The van der Waals surface area contributed by atoms with E-state index in [0.29, 0.717) is 29.8 Å². The van der Waals surface area contributed by atoms with Gasteiger partial charge in [-0.1, -0.05) is 30.3 Å². The van der Waals surface area contributed by atoms with Gasteiger partial charge < -0.3 is 25.5 Å². The number of rotatable bonds is 14. The maximum Gasteiger partial charge on any atom is 0.272 e. The van der Waals surface area contributed by atoms with Crippen LogP contribution < -0.4 is 15.5 Å². The molecule has 0 radical (unpaired) electrons. The maximum atomic E-state index is 13.8. The van der Waals surface area contributed by atoms with Crippen molar-refractivity contribution in [2.45, 2.75) is 51.4 Å². The molecule has 12 heteroatoms. The highest BCUT2D eigenvalue weighted by Gasteiger charge is 2.26. The second kappa shape index (κ2) is 15.4. The Labute approximate surface area is 272 Å². The average Bonchev–Trinajstić information content (AvgIpc) is 3.44. The monoisotopic (exact) mass is 650 g/mol. The Morgan fingerprint density at radius 2 is 1.74 bits per heavy atom. The van der Waals surface area contributed by atoms with Crippen LogP contribution in [0.1, 0.15) is 55.0 Å². The summed E-state index contributed by atoms with van der Waals surface area (Å²) in [7, 11) is 5.35. The van der Waals surface area contributed by atoms with Crippen molar-refractivity contribution >= 4 is 28.8 Å². The number of hydrogen-bond acceptors (Lipinski definition) is 8. The first-order valence-corrected chi connectivity index (χ1v) is 15.7. The van der Waals surface area contributed by atoms with Crippen LogP contribution in [0.15, 0.2) is 72.4 Å². The zero-order valence-corrected chi connectivity index (χ0v) is 27.4. The normalized spacial score (nSPS) is 12.8. The standard InChI is InChI=1S/C34H40F2N6O3S/c1-22-21-46-31(39-22)20-42(5)33(45)26-13-25(14-28(15-26)41(3)4)32(44)40-29(12-23-9-7-6-8-10-23)30(43)19-38-17-24-11-27(18-37-16-24)34(2,35)36/h6-11,13-16,18,21,29-30,38,43H,12,17,19-20H2,1-5H3,(H,40,44)/t29-,30+/m0/s1. The molecular weight excluding hydrogens is 610 g/mol. The van der Waals surface area contributed by atoms with Gasteiger partial charge in [0, 0.05) is 87.0 Å². The van der Waals surface area contributed by atoms with Crippen LogP contribution in [-0.2, 0) is 25.4 Å². The molecule has 2 aromatic carbocycles. The molecule has 0 saturated carbocycles. The molecule has 2 aromatic heterocycles. The smallest absolute Gasteiger partial charge is 0.272 e. The number of pyridine rings is 1. The van der Waals surface area contributed by atoms with Gasteiger partial charge >= 0.3 is 0 Å². The molecule has 0 unspecified atom stereocenters. The summed E-state index contributed by atoms with van der Waals surface area (Å²) in [6.07, 6.45) is 1.93. The van der Waals surface area contributed by atoms with E-state index in [2.05, 4.69) is 20.6 Å². The van der Waals surface area contributed by atoms with Crippen molar-refractivity contribution in [3.05, 3.63) is 111 Å². The van der Waals surface area contributed by atoms with Gasteiger partial charge in [-0.2, -0.15) is 0 Å². The molecule has 0 fully saturated rings. The van der Waals surface area contributed by atoms with E-state index in [4.69, 9.17) is 0 Å². The van der Waals surface area contributed by atoms with Crippen LogP contribution in [0.5, 0.6) is 0 Å². The molecule has 2 heterocycles. The lowest BCUT2D eigenvalue weighted by atomic mass is 9.99. The minimum absolute atomic E-state index is 0.0764. The van der Waals surface area contributed by atoms with Crippen LogP contribution in [-0.4, -0.2) is 71.6 Å². The van der Waals surface area contributed by atoms with E-state index in [1.165, 1.54) is 23.6 Å². The number of carbonyl (C=O) groups excluding carboxylic acids is 2. The Morgan fingerprint density at radius 3 is 2.39 bits per heavy atom. The number of thiazole rings is 1. The maximum absolute atomic E-state index is 13.8. The lowest BCUT2D eigenvalue weighted by Gasteiger charge is -2.26. The van der Waals surface area contributed by atoms with Gasteiger partial charge in [-0.3, -0.25) is 14.6 Å². The first kappa shape index (κ1) is 34.6. The molecule has 0 aliphatic rings. The second-order valence-electron chi connectivity index (χ2n) is 11.6. The highest BCUT2D eigenvalue weighted by Crippen LogP contribution is 2.26. The minimum atomic E-state index is -3.02. The highest BCUT2D eigenvalue weighted by molar-refractivity contribution is 7.09. The van der Waals surface area contributed by atoms with E-state index in [0.717, 1.165) is 29.4 Å². The van der Waals surface area contributed by atoms with Crippen LogP contribution >= 0.6 is 11.3 Å². The van der Waals surface area contributed by atoms with E-state index in [1.807, 2.05) is 61.6 Å². The number of nitrogens with zero attached hydrogens (tertiary/aromatic N) is 4. The summed E-state index contributed by atoms with van der Waals surface area (Å²) in [5, 5.41) is 20.1. The number of aryl methyl sites for hydroxylation is 1. The molecule has 46 heavy (non-hydrogen) atoms. The number of amides is 2. The molecule has 0 saturated heterocycles. The lowest BCUT2D eigenvalue weighted by molar-refractivity contribution is 0.0170. The fourth-order valence-corrected chi connectivity index (χ4v) is 5.65. The predicted molar refractivity (Wildman–Crippen MR) is 176 cm³/mol. The lowest BCUT2D eigenvalue weighted by Crippen LogP contribution is -2.48. The molecule has 244 valence electrons. The molecule has 2 amide bonds. The highest BCUT2D eigenvalue weighted by atomic mass is 32.1. The van der Waals surface area contributed by atoms with Gasteiger partial charge in [0.2, 0.25) is 0 Å². The van der Waals surface area contributed by atoms with Crippen LogP contribution in [0, 0.1) is 6.92 Å². The van der Waals surface area contributed by atoms with Gasteiger partial charge in [0.05, 0.1) is 18.7 Å². The summed E-state index contributed by atoms with van der Waals surface area (Å²) < 4.78 is 27.5. The molecule has 0 aliphatic heterocycles. The number of carbonyl (C=O) groups is 2. The van der Waals surface area contributed by atoms with Gasteiger partial charge in [-0.05, 0) is 48.7 Å². The van der Waals surface area contributed by atoms with Gasteiger partial charge in [0.1, 0.15) is 5.01 Å². The number of benzene rings is 2. The zero-order chi connectivity index (χ0) is 33.4. The van der Waals surface area contributed by atoms with Crippen molar-refractivity contribution in [2.75, 3.05) is 32.6 Å². The summed E-state index contributed by atoms with van der Waals surface area (Å²) >= 11 is 1.48. The fourth-order valence-electron chi connectivity index (χ4n) is 4.83. The molecule has 0 aliphatic carbocycles. The van der Waals surface area contributed by atoms with Crippen molar-refractivity contribution in [1.82, 2.24) is 25.5 Å². The van der Waals surface area contributed by atoms with E-state index < -0.39 is 24.0 Å². The predicted octanol–water partition coefficient (Wildman–Crippen LogP) is 4.79. The summed E-state index contributed by atoms with van der Waals surface area (Å²) in [5.74, 6) is -3.72. The third-order valence-electron chi connectivity index (χ3n) is 7.39. The molecule has 0 bridgehead atoms. The number of aliphatic hydroxyl groups excluding tert-OH is 1. The number of aromatic nitrogens is 2. The van der Waals surface area contributed by atoms with Crippen molar-refractivity contribution in [1.29, 1.82) is 0 Å². The largest absolute Gasteiger partial charge is 0.390 e. The Kier molecular flexibility index (Phi) is 11.5. The summed E-state index contributed by atoms with van der Waals surface area (Å²) in [6, 6.07) is 15.1. The molecule has 2 atom stereocenters. The molecule has 4 rings (SSSR count). The molecule has 4 aromatic rings. The van der Waals surface area contributed by atoms with Crippen LogP contribution in [0.3, 0.4) is 0 Å². The van der Waals surface area contributed by atoms with Crippen molar-refractivity contribution < 1.29 is 23.5 Å².